The van der Waals surface area contributed by atoms with Gasteiger partial charge in [-0.1, -0.05) is 67.6 Å². The Morgan fingerprint density at radius 2 is 1.88 bits per heavy atom. The van der Waals surface area contributed by atoms with E-state index in [1.165, 1.54) is 16.9 Å². The summed E-state index contributed by atoms with van der Waals surface area (Å²) >= 11 is 1.31. The number of para-hydroxylation sites is 1. The number of rotatable bonds is 6. The second kappa shape index (κ2) is 9.81. The second-order valence-electron chi connectivity index (χ2n) is 8.37. The first-order valence-electron chi connectivity index (χ1n) is 11.3. The summed E-state index contributed by atoms with van der Waals surface area (Å²) < 4.78 is 13.1. The van der Waals surface area contributed by atoms with Gasteiger partial charge in [0.25, 0.3) is 5.56 Å². The molecule has 6 nitrogen and oxygen atoms in total. The lowest BCUT2D eigenvalue weighted by molar-refractivity contribution is -0.139. The van der Waals surface area contributed by atoms with Crippen molar-refractivity contribution in [3.63, 3.8) is 0 Å². The molecule has 0 aliphatic carbocycles. The van der Waals surface area contributed by atoms with Crippen LogP contribution < -0.4 is 19.6 Å². The molecule has 3 aromatic rings. The average molecular weight is 477 g/mol. The van der Waals surface area contributed by atoms with E-state index in [2.05, 4.69) is 31.0 Å². The maximum atomic E-state index is 13.7. The van der Waals surface area contributed by atoms with Gasteiger partial charge in [0.15, 0.2) is 4.80 Å². The van der Waals surface area contributed by atoms with Crippen LogP contribution in [0.25, 0.3) is 6.08 Å². The van der Waals surface area contributed by atoms with Crippen molar-refractivity contribution in [3.8, 4) is 5.75 Å². The van der Waals surface area contributed by atoms with Crippen LogP contribution in [0, 0.1) is 0 Å². The van der Waals surface area contributed by atoms with Gasteiger partial charge in [0.05, 0.1) is 29.5 Å². The van der Waals surface area contributed by atoms with Crippen LogP contribution in [0.1, 0.15) is 56.3 Å². The zero-order valence-corrected chi connectivity index (χ0v) is 20.8. The number of benzene rings is 2. The van der Waals surface area contributed by atoms with Crippen LogP contribution in [-0.4, -0.2) is 24.3 Å². The summed E-state index contributed by atoms with van der Waals surface area (Å²) in [6, 6.07) is 14.9. The summed E-state index contributed by atoms with van der Waals surface area (Å²) in [7, 11) is 1.57. The van der Waals surface area contributed by atoms with Gasteiger partial charge in [-0.3, -0.25) is 9.36 Å². The van der Waals surface area contributed by atoms with E-state index in [0.29, 0.717) is 37.8 Å². The van der Waals surface area contributed by atoms with E-state index in [1.807, 2.05) is 42.5 Å². The number of thiazole rings is 1. The molecule has 4 rings (SSSR count). The van der Waals surface area contributed by atoms with Crippen molar-refractivity contribution in [3.05, 3.63) is 96.2 Å². The number of ether oxygens (including phenoxy) is 2. The van der Waals surface area contributed by atoms with E-state index >= 15 is 0 Å². The fraction of sp³-hybridized carbons (Fsp3) is 0.296. The molecule has 2 heterocycles. The van der Waals surface area contributed by atoms with Gasteiger partial charge < -0.3 is 9.47 Å². The maximum Gasteiger partial charge on any atom is 0.338 e. The summed E-state index contributed by atoms with van der Waals surface area (Å²) in [6.45, 7) is 8.05. The number of fused-ring (bicyclic) bond motifs is 1. The third-order valence-corrected chi connectivity index (χ3v) is 6.83. The van der Waals surface area contributed by atoms with Crippen molar-refractivity contribution in [2.45, 2.75) is 39.7 Å². The fourth-order valence-corrected chi connectivity index (χ4v) is 5.15. The van der Waals surface area contributed by atoms with Crippen molar-refractivity contribution in [1.29, 1.82) is 0 Å². The molecule has 1 atom stereocenters. The number of hydrogen-bond acceptors (Lipinski definition) is 6. The molecule has 0 N–H and O–H groups in total. The molecular weight excluding hydrogens is 448 g/mol. The highest BCUT2D eigenvalue weighted by Gasteiger charge is 2.34. The quantitative estimate of drug-likeness (QED) is 0.506. The van der Waals surface area contributed by atoms with E-state index in [9.17, 15) is 9.59 Å². The Morgan fingerprint density at radius 3 is 2.53 bits per heavy atom. The van der Waals surface area contributed by atoms with E-state index in [-0.39, 0.29) is 12.2 Å². The summed E-state index contributed by atoms with van der Waals surface area (Å²) in [5.74, 6) is 0.533. The van der Waals surface area contributed by atoms with Crippen molar-refractivity contribution >= 4 is 23.4 Å². The zero-order chi connectivity index (χ0) is 24.4. The number of esters is 1. The number of nitrogens with zero attached hydrogens (tertiary/aromatic N) is 2. The molecule has 1 aromatic heterocycles. The maximum absolute atomic E-state index is 13.7. The summed E-state index contributed by atoms with van der Waals surface area (Å²) in [5, 5.41) is 0. The minimum atomic E-state index is -0.697. The van der Waals surface area contributed by atoms with E-state index in [0.717, 1.165) is 5.56 Å². The van der Waals surface area contributed by atoms with Crippen molar-refractivity contribution in [2.24, 2.45) is 4.99 Å². The monoisotopic (exact) mass is 476 g/mol. The Labute approximate surface area is 202 Å². The van der Waals surface area contributed by atoms with Crippen LogP contribution in [-0.2, 0) is 9.53 Å². The third-order valence-electron chi connectivity index (χ3n) is 5.85. The van der Waals surface area contributed by atoms with E-state index < -0.39 is 12.0 Å². The molecule has 176 valence electrons. The molecule has 0 amide bonds. The van der Waals surface area contributed by atoms with E-state index in [1.54, 1.807) is 25.5 Å². The summed E-state index contributed by atoms with van der Waals surface area (Å²) in [5.41, 5.74) is 3.54. The summed E-state index contributed by atoms with van der Waals surface area (Å²) in [6.07, 6.45) is 1.87. The van der Waals surface area contributed by atoms with Crippen LogP contribution >= 0.6 is 11.3 Å². The van der Waals surface area contributed by atoms with E-state index in [4.69, 9.17) is 9.47 Å². The highest BCUT2D eigenvalue weighted by Crippen LogP contribution is 2.35. The van der Waals surface area contributed by atoms with Crippen LogP contribution in [0.3, 0.4) is 0 Å². The van der Waals surface area contributed by atoms with Gasteiger partial charge in [-0.05, 0) is 43.0 Å². The van der Waals surface area contributed by atoms with Crippen LogP contribution in [0.2, 0.25) is 0 Å². The molecule has 2 aromatic carbocycles. The molecule has 1 aliphatic heterocycles. The first-order valence-corrected chi connectivity index (χ1v) is 12.1. The Balaban J connectivity index is 1.93. The molecule has 1 aliphatic rings. The minimum Gasteiger partial charge on any atom is -0.496 e. The number of aromatic nitrogens is 1. The van der Waals surface area contributed by atoms with Gasteiger partial charge >= 0.3 is 5.97 Å². The van der Waals surface area contributed by atoms with Gasteiger partial charge in [-0.2, -0.15) is 0 Å². The van der Waals surface area contributed by atoms with Crippen LogP contribution in [0.4, 0.5) is 0 Å². The molecular formula is C27H28N2O4S. The Hall–Kier alpha value is -3.45. The predicted octanol–water partition coefficient (Wildman–Crippen LogP) is 3.93. The smallest absolute Gasteiger partial charge is 0.338 e. The molecule has 0 saturated carbocycles. The molecule has 0 bridgehead atoms. The van der Waals surface area contributed by atoms with Crippen molar-refractivity contribution < 1.29 is 14.3 Å². The van der Waals surface area contributed by atoms with Gasteiger partial charge in [0, 0.05) is 5.56 Å². The normalized spacial score (nSPS) is 15.8. The number of methoxy groups -OCH3 is 1. The lowest BCUT2D eigenvalue weighted by atomic mass is 9.95. The number of carbonyl (C=O) groups is 1. The average Bonchev–Trinajstić information content (AvgIpc) is 3.13. The predicted molar refractivity (Wildman–Crippen MR) is 134 cm³/mol. The minimum absolute atomic E-state index is 0.207. The molecule has 0 radical (unpaired) electrons. The molecule has 0 spiro atoms. The Morgan fingerprint density at radius 1 is 1.18 bits per heavy atom. The molecule has 0 unspecified atom stereocenters. The molecule has 34 heavy (non-hydrogen) atoms. The number of hydrogen-bond donors (Lipinski definition) is 0. The molecule has 7 heteroatoms. The zero-order valence-electron chi connectivity index (χ0n) is 20.0. The highest BCUT2D eigenvalue weighted by molar-refractivity contribution is 7.07. The van der Waals surface area contributed by atoms with Crippen LogP contribution in [0.5, 0.6) is 5.75 Å². The van der Waals surface area contributed by atoms with Crippen molar-refractivity contribution in [2.75, 3.05) is 13.7 Å². The van der Waals surface area contributed by atoms with Gasteiger partial charge in [-0.25, -0.2) is 9.79 Å². The lowest BCUT2D eigenvalue weighted by Gasteiger charge is -2.25. The fourth-order valence-electron chi connectivity index (χ4n) is 4.11. The topological polar surface area (TPSA) is 69.9 Å². The van der Waals surface area contributed by atoms with Crippen molar-refractivity contribution in [1.82, 2.24) is 4.57 Å². The van der Waals surface area contributed by atoms with Gasteiger partial charge in [0.2, 0.25) is 0 Å². The number of allylic oxidation sites excluding steroid dienone is 1. The molecule has 0 saturated heterocycles. The van der Waals surface area contributed by atoms with Crippen LogP contribution in [0.15, 0.2) is 69.6 Å². The first-order chi connectivity index (χ1) is 16.3. The third kappa shape index (κ3) is 4.35. The second-order valence-corrected chi connectivity index (χ2v) is 9.37. The Bertz CT molecular complexity index is 1430. The standard InChI is InChI=1S/C27H28N2O4S/c1-6-33-26(31)23-17(4)28-27-29(24(23)20-9-7-8-10-21(20)32-5)25(30)22(34-27)15-18-11-13-19(14-12-18)16(2)3/h7-16,24H,6H2,1-5H3/b22-15+/t24-/m1/s1. The SMILES string of the molecule is CCOC(=O)C1=C(C)N=c2s/c(=C/c3ccc(C(C)C)cc3)c(=O)n2[C@@H]1c1ccccc1OC. The highest BCUT2D eigenvalue weighted by atomic mass is 32.1. The lowest BCUT2D eigenvalue weighted by Crippen LogP contribution is -2.40. The molecule has 0 fully saturated rings. The first kappa shape index (κ1) is 23.7. The Kier molecular flexibility index (Phi) is 6.84. The number of carbonyl (C=O) groups excluding carboxylic acids is 1. The van der Waals surface area contributed by atoms with Gasteiger partial charge in [-0.15, -0.1) is 0 Å². The largest absolute Gasteiger partial charge is 0.496 e. The van der Waals surface area contributed by atoms with Gasteiger partial charge in [0.1, 0.15) is 11.8 Å². The summed E-state index contributed by atoms with van der Waals surface area (Å²) in [4.78, 5) is 31.8.